The minimum absolute atomic E-state index is 0.0449. The average molecular weight is 319 g/mol. The van der Waals surface area contributed by atoms with Crippen molar-refractivity contribution >= 4 is 5.91 Å². The zero-order valence-electron chi connectivity index (χ0n) is 12.6. The van der Waals surface area contributed by atoms with Crippen LogP contribution in [0.25, 0.3) is 0 Å². The largest absolute Gasteiger partial charge is 0.372 e. The summed E-state index contributed by atoms with van der Waals surface area (Å²) in [5, 5.41) is 10.7. The maximum absolute atomic E-state index is 13.6. The van der Waals surface area contributed by atoms with Crippen LogP contribution in [-0.4, -0.2) is 50.2 Å². The summed E-state index contributed by atoms with van der Waals surface area (Å²) in [7, 11) is 0. The van der Waals surface area contributed by atoms with Crippen molar-refractivity contribution in [2.75, 3.05) is 13.1 Å². The third kappa shape index (κ3) is 4.10. The van der Waals surface area contributed by atoms with E-state index in [-0.39, 0.29) is 31.0 Å². The molecular formula is C15H18FN5O2. The zero-order valence-corrected chi connectivity index (χ0v) is 12.6. The molecule has 0 bridgehead atoms. The van der Waals surface area contributed by atoms with Crippen molar-refractivity contribution in [1.29, 1.82) is 0 Å². The molecule has 1 aromatic carbocycles. The fourth-order valence-electron chi connectivity index (χ4n) is 2.62. The van der Waals surface area contributed by atoms with Gasteiger partial charge in [0.1, 0.15) is 18.7 Å². The van der Waals surface area contributed by atoms with E-state index in [9.17, 15) is 9.18 Å². The van der Waals surface area contributed by atoms with Crippen molar-refractivity contribution in [3.63, 3.8) is 0 Å². The van der Waals surface area contributed by atoms with Gasteiger partial charge in [0, 0.05) is 18.7 Å². The highest BCUT2D eigenvalue weighted by atomic mass is 19.1. The van der Waals surface area contributed by atoms with Gasteiger partial charge >= 0.3 is 0 Å². The van der Waals surface area contributed by atoms with Gasteiger partial charge in [0.25, 0.3) is 0 Å². The van der Waals surface area contributed by atoms with Gasteiger partial charge in [-0.3, -0.25) is 4.79 Å². The molecule has 1 aliphatic rings. The summed E-state index contributed by atoms with van der Waals surface area (Å²) in [4.78, 5) is 14.0. The molecule has 2 aromatic rings. The van der Waals surface area contributed by atoms with Gasteiger partial charge in [-0.2, -0.15) is 0 Å². The molecule has 1 aliphatic heterocycles. The molecule has 2 heterocycles. The molecule has 1 aromatic heterocycles. The predicted molar refractivity (Wildman–Crippen MR) is 78.6 cm³/mol. The van der Waals surface area contributed by atoms with E-state index in [1.807, 2.05) is 0 Å². The van der Waals surface area contributed by atoms with Crippen LogP contribution < -0.4 is 0 Å². The molecule has 7 nitrogen and oxygen atoms in total. The molecule has 1 amide bonds. The van der Waals surface area contributed by atoms with Crippen LogP contribution in [0.1, 0.15) is 18.4 Å². The summed E-state index contributed by atoms with van der Waals surface area (Å²) in [6.45, 7) is 1.54. The van der Waals surface area contributed by atoms with E-state index in [0.717, 1.165) is 12.8 Å². The topological polar surface area (TPSA) is 73.1 Å². The molecule has 0 spiro atoms. The van der Waals surface area contributed by atoms with Gasteiger partial charge < -0.3 is 9.64 Å². The van der Waals surface area contributed by atoms with Crippen molar-refractivity contribution < 1.29 is 13.9 Å². The smallest absolute Gasteiger partial charge is 0.244 e. The number of halogens is 1. The van der Waals surface area contributed by atoms with Crippen molar-refractivity contribution in [2.24, 2.45) is 0 Å². The van der Waals surface area contributed by atoms with Crippen LogP contribution in [0.4, 0.5) is 4.39 Å². The predicted octanol–water partition coefficient (Wildman–Crippen LogP) is 1.02. The molecule has 1 atom stereocenters. The fourth-order valence-corrected chi connectivity index (χ4v) is 2.62. The molecule has 0 saturated carbocycles. The van der Waals surface area contributed by atoms with E-state index in [1.165, 1.54) is 17.1 Å². The van der Waals surface area contributed by atoms with Crippen molar-refractivity contribution in [3.05, 3.63) is 42.0 Å². The molecule has 0 radical (unpaired) electrons. The number of likely N-dealkylation sites (tertiary alicyclic amines) is 1. The van der Waals surface area contributed by atoms with Gasteiger partial charge in [-0.25, -0.2) is 9.07 Å². The Morgan fingerprint density at radius 1 is 1.39 bits per heavy atom. The SMILES string of the molecule is O=C(Cn1cnnn1)N1CCC[C@H](OCc2ccccc2F)C1. The van der Waals surface area contributed by atoms with Gasteiger partial charge in [-0.05, 0) is 29.3 Å². The van der Waals surface area contributed by atoms with Gasteiger partial charge in [0.05, 0.1) is 12.7 Å². The minimum Gasteiger partial charge on any atom is -0.372 e. The number of rotatable bonds is 5. The van der Waals surface area contributed by atoms with Crippen LogP contribution >= 0.6 is 0 Å². The van der Waals surface area contributed by atoms with E-state index in [2.05, 4.69) is 15.5 Å². The van der Waals surface area contributed by atoms with Crippen LogP contribution in [0.3, 0.4) is 0 Å². The van der Waals surface area contributed by atoms with Crippen LogP contribution in [0.5, 0.6) is 0 Å². The number of carbonyl (C=O) groups is 1. The monoisotopic (exact) mass is 319 g/mol. The number of hydrogen-bond acceptors (Lipinski definition) is 5. The molecule has 122 valence electrons. The number of piperidine rings is 1. The van der Waals surface area contributed by atoms with Crippen LogP contribution in [0, 0.1) is 5.82 Å². The number of benzene rings is 1. The summed E-state index contributed by atoms with van der Waals surface area (Å²) >= 11 is 0. The van der Waals surface area contributed by atoms with Crippen molar-refractivity contribution in [2.45, 2.75) is 32.1 Å². The van der Waals surface area contributed by atoms with Gasteiger partial charge in [-0.15, -0.1) is 5.10 Å². The van der Waals surface area contributed by atoms with Gasteiger partial charge in [0.2, 0.25) is 5.91 Å². The maximum Gasteiger partial charge on any atom is 0.244 e. The van der Waals surface area contributed by atoms with Gasteiger partial charge in [0.15, 0.2) is 0 Å². The van der Waals surface area contributed by atoms with Crippen molar-refractivity contribution in [1.82, 2.24) is 25.1 Å². The molecule has 1 fully saturated rings. The number of ether oxygens (including phenoxy) is 1. The van der Waals surface area contributed by atoms with Gasteiger partial charge in [-0.1, -0.05) is 18.2 Å². The molecule has 23 heavy (non-hydrogen) atoms. The highest BCUT2D eigenvalue weighted by molar-refractivity contribution is 5.76. The second-order valence-corrected chi connectivity index (χ2v) is 5.51. The molecule has 3 rings (SSSR count). The molecule has 0 aliphatic carbocycles. The first-order valence-corrected chi connectivity index (χ1v) is 7.56. The van der Waals surface area contributed by atoms with Crippen LogP contribution in [0.15, 0.2) is 30.6 Å². The Morgan fingerprint density at radius 2 is 2.26 bits per heavy atom. The Balaban J connectivity index is 1.52. The maximum atomic E-state index is 13.6. The first kappa shape index (κ1) is 15.5. The number of carbonyl (C=O) groups excluding carboxylic acids is 1. The summed E-state index contributed by atoms with van der Waals surface area (Å²) in [5.74, 6) is -0.314. The summed E-state index contributed by atoms with van der Waals surface area (Å²) in [6.07, 6.45) is 3.06. The number of amides is 1. The van der Waals surface area contributed by atoms with Crippen LogP contribution in [0.2, 0.25) is 0 Å². The summed E-state index contributed by atoms with van der Waals surface area (Å²) < 4.78 is 20.8. The molecular weight excluding hydrogens is 301 g/mol. The number of aromatic nitrogens is 4. The lowest BCUT2D eigenvalue weighted by Crippen LogP contribution is -2.44. The normalized spacial score (nSPS) is 18.1. The number of tetrazole rings is 1. The van der Waals surface area contributed by atoms with E-state index < -0.39 is 0 Å². The van der Waals surface area contributed by atoms with E-state index in [4.69, 9.17) is 4.74 Å². The molecule has 0 unspecified atom stereocenters. The Morgan fingerprint density at radius 3 is 3.04 bits per heavy atom. The second-order valence-electron chi connectivity index (χ2n) is 5.51. The van der Waals surface area contributed by atoms with Crippen LogP contribution in [-0.2, 0) is 22.7 Å². The number of nitrogens with zero attached hydrogens (tertiary/aromatic N) is 5. The second kappa shape index (κ2) is 7.28. The first-order chi connectivity index (χ1) is 11.2. The molecule has 0 N–H and O–H groups in total. The Hall–Kier alpha value is -2.35. The quantitative estimate of drug-likeness (QED) is 0.823. The Kier molecular flexibility index (Phi) is 4.92. The van der Waals surface area contributed by atoms with E-state index >= 15 is 0 Å². The fraction of sp³-hybridized carbons (Fsp3) is 0.467. The molecule has 1 saturated heterocycles. The number of hydrogen-bond donors (Lipinski definition) is 0. The lowest BCUT2D eigenvalue weighted by molar-refractivity contribution is -0.136. The Labute approximate surface area is 133 Å². The zero-order chi connectivity index (χ0) is 16.1. The Bertz CT molecular complexity index is 649. The van der Waals surface area contributed by atoms with Crippen molar-refractivity contribution in [3.8, 4) is 0 Å². The summed E-state index contributed by atoms with van der Waals surface area (Å²) in [6, 6.07) is 6.56. The third-order valence-corrected chi connectivity index (χ3v) is 3.85. The molecule has 8 heteroatoms. The van der Waals surface area contributed by atoms with E-state index in [0.29, 0.717) is 18.7 Å². The summed E-state index contributed by atoms with van der Waals surface area (Å²) in [5.41, 5.74) is 0.532. The lowest BCUT2D eigenvalue weighted by atomic mass is 10.1. The highest BCUT2D eigenvalue weighted by Gasteiger charge is 2.24. The standard InChI is InChI=1S/C15H18FN5O2/c16-14-6-2-1-4-12(14)10-23-13-5-3-7-20(8-13)15(22)9-21-11-17-18-19-21/h1-2,4,6,11,13H,3,5,7-10H2/t13-/m0/s1. The van der Waals surface area contributed by atoms with E-state index in [1.54, 1.807) is 23.1 Å². The first-order valence-electron chi connectivity index (χ1n) is 7.56. The minimum atomic E-state index is -0.269. The third-order valence-electron chi connectivity index (χ3n) is 3.85. The highest BCUT2D eigenvalue weighted by Crippen LogP contribution is 2.16. The lowest BCUT2D eigenvalue weighted by Gasteiger charge is -2.32. The average Bonchev–Trinajstić information content (AvgIpc) is 3.07.